The molecule has 0 spiro atoms. The number of likely N-dealkylation sites (tertiary alicyclic amines) is 1. The van der Waals surface area contributed by atoms with Gasteiger partial charge in [0.05, 0.1) is 0 Å². The van der Waals surface area contributed by atoms with E-state index in [2.05, 4.69) is 9.97 Å². The van der Waals surface area contributed by atoms with Gasteiger partial charge in [0.2, 0.25) is 0 Å². The summed E-state index contributed by atoms with van der Waals surface area (Å²) >= 11 is 5.94. The van der Waals surface area contributed by atoms with Crippen LogP contribution in [0.5, 0.6) is 0 Å². The molecule has 0 radical (unpaired) electrons. The molecule has 122 valence electrons. The average molecular weight is 342 g/mol. The maximum absolute atomic E-state index is 12.5. The summed E-state index contributed by atoms with van der Waals surface area (Å²) in [6, 6.07) is 11.0. The molecule has 3 heterocycles. The van der Waals surface area contributed by atoms with Gasteiger partial charge in [-0.15, -0.1) is 0 Å². The zero-order valence-corrected chi connectivity index (χ0v) is 13.7. The number of amides is 1. The smallest absolute Gasteiger partial charge is 0.272 e. The summed E-state index contributed by atoms with van der Waals surface area (Å²) in [5, 5.41) is 0.523. The van der Waals surface area contributed by atoms with Crippen LogP contribution in [0.15, 0.2) is 47.0 Å². The first-order chi connectivity index (χ1) is 11.7. The monoisotopic (exact) mass is 341 g/mol. The molecule has 2 aromatic heterocycles. The van der Waals surface area contributed by atoms with Gasteiger partial charge in [0.1, 0.15) is 11.2 Å². The fourth-order valence-corrected chi connectivity index (χ4v) is 3.24. The molecule has 1 aromatic carbocycles. The van der Waals surface area contributed by atoms with Crippen molar-refractivity contribution < 1.29 is 9.21 Å². The normalized spacial score (nSPS) is 15.8. The maximum Gasteiger partial charge on any atom is 0.272 e. The lowest BCUT2D eigenvalue weighted by Crippen LogP contribution is -2.38. The minimum atomic E-state index is -0.0754. The number of halogens is 1. The van der Waals surface area contributed by atoms with E-state index < -0.39 is 0 Å². The number of hydrogen-bond acceptors (Lipinski definition) is 4. The molecule has 1 amide bonds. The van der Waals surface area contributed by atoms with E-state index in [4.69, 9.17) is 16.0 Å². The third kappa shape index (κ3) is 2.87. The van der Waals surface area contributed by atoms with E-state index in [1.54, 1.807) is 18.3 Å². The van der Waals surface area contributed by atoms with Crippen LogP contribution in [-0.4, -0.2) is 33.9 Å². The standard InChI is InChI=1S/C18H16ClN3O2/c19-13-5-8-20-15(11-13)18(23)22-9-6-12(7-10-22)17-21-14-3-1-2-4-16(14)24-17/h1-5,8,11-12H,6-7,9-10H2. The number of para-hydroxylation sites is 2. The Labute approximate surface area is 144 Å². The topological polar surface area (TPSA) is 59.2 Å². The van der Waals surface area contributed by atoms with Crippen molar-refractivity contribution in [1.29, 1.82) is 0 Å². The number of carbonyl (C=O) groups is 1. The number of piperidine rings is 1. The molecule has 1 aliphatic heterocycles. The average Bonchev–Trinajstić information content (AvgIpc) is 3.05. The Balaban J connectivity index is 1.45. The van der Waals surface area contributed by atoms with Gasteiger partial charge in [0.25, 0.3) is 5.91 Å². The summed E-state index contributed by atoms with van der Waals surface area (Å²) in [6.45, 7) is 1.33. The second-order valence-corrected chi connectivity index (χ2v) is 6.38. The van der Waals surface area contributed by atoms with Crippen LogP contribution >= 0.6 is 11.6 Å². The SMILES string of the molecule is O=C(c1cc(Cl)ccn1)N1CCC(c2nc3ccccc3o2)CC1. The second-order valence-electron chi connectivity index (χ2n) is 5.95. The molecule has 1 fully saturated rings. The number of fused-ring (bicyclic) bond motifs is 1. The lowest BCUT2D eigenvalue weighted by molar-refractivity contribution is 0.0701. The number of nitrogens with zero attached hydrogens (tertiary/aromatic N) is 3. The van der Waals surface area contributed by atoms with Gasteiger partial charge in [-0.1, -0.05) is 23.7 Å². The van der Waals surface area contributed by atoms with Crippen molar-refractivity contribution in [3.63, 3.8) is 0 Å². The van der Waals surface area contributed by atoms with Crippen LogP contribution in [-0.2, 0) is 0 Å². The van der Waals surface area contributed by atoms with Crippen LogP contribution < -0.4 is 0 Å². The molecule has 0 N–H and O–H groups in total. The first kappa shape index (κ1) is 15.1. The van der Waals surface area contributed by atoms with Gasteiger partial charge < -0.3 is 9.32 Å². The molecule has 0 bridgehead atoms. The van der Waals surface area contributed by atoms with Gasteiger partial charge >= 0.3 is 0 Å². The zero-order chi connectivity index (χ0) is 16.5. The number of rotatable bonds is 2. The highest BCUT2D eigenvalue weighted by molar-refractivity contribution is 6.30. The van der Waals surface area contributed by atoms with Crippen LogP contribution in [0.25, 0.3) is 11.1 Å². The van der Waals surface area contributed by atoms with Crippen molar-refractivity contribution in [1.82, 2.24) is 14.9 Å². The minimum Gasteiger partial charge on any atom is -0.440 e. The number of hydrogen-bond donors (Lipinski definition) is 0. The fourth-order valence-electron chi connectivity index (χ4n) is 3.08. The molecule has 5 nitrogen and oxygen atoms in total. The molecule has 1 saturated heterocycles. The van der Waals surface area contributed by atoms with Crippen molar-refractivity contribution in [2.75, 3.05) is 13.1 Å². The highest BCUT2D eigenvalue weighted by Gasteiger charge is 2.28. The van der Waals surface area contributed by atoms with Crippen molar-refractivity contribution in [3.05, 3.63) is 59.2 Å². The second kappa shape index (κ2) is 6.24. The van der Waals surface area contributed by atoms with Crippen molar-refractivity contribution in [2.45, 2.75) is 18.8 Å². The van der Waals surface area contributed by atoms with Crippen LogP contribution in [0, 0.1) is 0 Å². The van der Waals surface area contributed by atoms with Gasteiger partial charge in [-0.05, 0) is 37.1 Å². The summed E-state index contributed by atoms with van der Waals surface area (Å²) in [5.41, 5.74) is 2.09. The maximum atomic E-state index is 12.5. The summed E-state index contributed by atoms with van der Waals surface area (Å²) in [6.07, 6.45) is 3.22. The molecular formula is C18H16ClN3O2. The van der Waals surface area contributed by atoms with E-state index in [0.717, 1.165) is 29.8 Å². The highest BCUT2D eigenvalue weighted by Crippen LogP contribution is 2.30. The lowest BCUT2D eigenvalue weighted by atomic mass is 9.96. The zero-order valence-electron chi connectivity index (χ0n) is 13.0. The first-order valence-electron chi connectivity index (χ1n) is 7.97. The predicted octanol–water partition coefficient (Wildman–Crippen LogP) is 3.90. The summed E-state index contributed by atoms with van der Waals surface area (Å²) in [7, 11) is 0. The molecular weight excluding hydrogens is 326 g/mol. The quantitative estimate of drug-likeness (QED) is 0.709. The van der Waals surface area contributed by atoms with Crippen LogP contribution in [0.1, 0.15) is 35.1 Å². The van der Waals surface area contributed by atoms with E-state index in [9.17, 15) is 4.79 Å². The first-order valence-corrected chi connectivity index (χ1v) is 8.35. The number of carbonyl (C=O) groups excluding carboxylic acids is 1. The van der Waals surface area contributed by atoms with Gasteiger partial charge in [-0.2, -0.15) is 0 Å². The molecule has 3 aromatic rings. The molecule has 0 unspecified atom stereocenters. The van der Waals surface area contributed by atoms with Gasteiger partial charge in [-0.25, -0.2) is 4.98 Å². The Morgan fingerprint density at radius 1 is 1.21 bits per heavy atom. The highest BCUT2D eigenvalue weighted by atomic mass is 35.5. The van der Waals surface area contributed by atoms with E-state index in [0.29, 0.717) is 23.8 Å². The van der Waals surface area contributed by atoms with Crippen molar-refractivity contribution in [3.8, 4) is 0 Å². The number of pyridine rings is 1. The molecule has 0 atom stereocenters. The van der Waals surface area contributed by atoms with Gasteiger partial charge in [0, 0.05) is 30.2 Å². The summed E-state index contributed by atoms with van der Waals surface area (Å²) < 4.78 is 5.86. The molecule has 24 heavy (non-hydrogen) atoms. The lowest BCUT2D eigenvalue weighted by Gasteiger charge is -2.30. The Morgan fingerprint density at radius 2 is 2.00 bits per heavy atom. The number of benzene rings is 1. The van der Waals surface area contributed by atoms with Crippen molar-refractivity contribution >= 4 is 28.6 Å². The molecule has 0 aliphatic carbocycles. The molecule has 4 rings (SSSR count). The van der Waals surface area contributed by atoms with Crippen molar-refractivity contribution in [2.24, 2.45) is 0 Å². The Morgan fingerprint density at radius 3 is 2.75 bits per heavy atom. The van der Waals surface area contributed by atoms with E-state index >= 15 is 0 Å². The summed E-state index contributed by atoms with van der Waals surface area (Å²) in [4.78, 5) is 23.0. The number of aromatic nitrogens is 2. The Bertz CT molecular complexity index is 852. The number of oxazole rings is 1. The van der Waals surface area contributed by atoms with Crippen LogP contribution in [0.2, 0.25) is 5.02 Å². The van der Waals surface area contributed by atoms with Gasteiger partial charge in [-0.3, -0.25) is 9.78 Å². The van der Waals surface area contributed by atoms with Gasteiger partial charge in [0.15, 0.2) is 11.5 Å². The predicted molar refractivity (Wildman–Crippen MR) is 91.1 cm³/mol. The largest absolute Gasteiger partial charge is 0.440 e. The fraction of sp³-hybridized carbons (Fsp3) is 0.278. The van der Waals surface area contributed by atoms with E-state index in [-0.39, 0.29) is 11.8 Å². The van der Waals surface area contributed by atoms with Crippen LogP contribution in [0.3, 0.4) is 0 Å². The Kier molecular flexibility index (Phi) is 3.94. The third-order valence-electron chi connectivity index (χ3n) is 4.38. The molecule has 1 aliphatic rings. The third-order valence-corrected chi connectivity index (χ3v) is 4.62. The van der Waals surface area contributed by atoms with Crippen LogP contribution in [0.4, 0.5) is 0 Å². The Hall–Kier alpha value is -2.40. The van der Waals surface area contributed by atoms with E-state index in [1.165, 1.54) is 0 Å². The molecule has 0 saturated carbocycles. The molecule has 6 heteroatoms. The van der Waals surface area contributed by atoms with E-state index in [1.807, 2.05) is 29.2 Å². The summed E-state index contributed by atoms with van der Waals surface area (Å²) in [5.74, 6) is 0.937. The minimum absolute atomic E-state index is 0.0754.